The van der Waals surface area contributed by atoms with Gasteiger partial charge in [-0.05, 0) is 31.5 Å². The Kier molecular flexibility index (Phi) is 2.23. The van der Waals surface area contributed by atoms with Crippen molar-refractivity contribution in [1.29, 1.82) is 0 Å². The summed E-state index contributed by atoms with van der Waals surface area (Å²) in [7, 11) is 0. The molecule has 0 saturated carbocycles. The van der Waals surface area contributed by atoms with Crippen LogP contribution >= 0.6 is 15.9 Å². The van der Waals surface area contributed by atoms with Crippen LogP contribution in [0.1, 0.15) is 19.4 Å². The first-order chi connectivity index (χ1) is 5.00. The van der Waals surface area contributed by atoms with Crippen LogP contribution in [-0.4, -0.2) is 0 Å². The van der Waals surface area contributed by atoms with Crippen LogP contribution in [0.5, 0.6) is 0 Å². The van der Waals surface area contributed by atoms with E-state index in [0.717, 1.165) is 5.69 Å². The zero-order valence-electron chi connectivity index (χ0n) is 6.76. The minimum atomic E-state index is 0.0162. The third-order valence-corrected chi connectivity index (χ3v) is 2.03. The average molecular weight is 214 g/mol. The SMILES string of the molecule is CC(C)(Br)c1cccc(N)c1. The van der Waals surface area contributed by atoms with Crippen molar-refractivity contribution in [2.24, 2.45) is 0 Å². The lowest BCUT2D eigenvalue weighted by atomic mass is 10.0. The summed E-state index contributed by atoms with van der Waals surface area (Å²) in [5, 5.41) is 0. The summed E-state index contributed by atoms with van der Waals surface area (Å²) >= 11 is 3.57. The molecule has 60 valence electrons. The highest BCUT2D eigenvalue weighted by atomic mass is 79.9. The summed E-state index contributed by atoms with van der Waals surface area (Å²) in [6.07, 6.45) is 0. The number of nitrogens with two attached hydrogens (primary N) is 1. The monoisotopic (exact) mass is 213 g/mol. The Morgan fingerprint density at radius 1 is 1.36 bits per heavy atom. The zero-order chi connectivity index (χ0) is 8.48. The maximum atomic E-state index is 5.63. The summed E-state index contributed by atoms with van der Waals surface area (Å²) < 4.78 is 0.0162. The van der Waals surface area contributed by atoms with Crippen molar-refractivity contribution >= 4 is 21.6 Å². The molecule has 0 aliphatic rings. The van der Waals surface area contributed by atoms with E-state index in [9.17, 15) is 0 Å². The van der Waals surface area contributed by atoms with Gasteiger partial charge in [0, 0.05) is 10.0 Å². The van der Waals surface area contributed by atoms with Crippen molar-refractivity contribution < 1.29 is 0 Å². The number of anilines is 1. The molecule has 0 aliphatic carbocycles. The fraction of sp³-hybridized carbons (Fsp3) is 0.333. The number of nitrogen functional groups attached to an aromatic ring is 1. The van der Waals surface area contributed by atoms with E-state index >= 15 is 0 Å². The lowest BCUT2D eigenvalue weighted by Crippen LogP contribution is -2.06. The van der Waals surface area contributed by atoms with Gasteiger partial charge in [0.25, 0.3) is 0 Å². The molecule has 0 fully saturated rings. The summed E-state index contributed by atoms with van der Waals surface area (Å²) in [6, 6.07) is 7.90. The quantitative estimate of drug-likeness (QED) is 0.564. The molecule has 1 nitrogen and oxygen atoms in total. The van der Waals surface area contributed by atoms with Gasteiger partial charge in [-0.3, -0.25) is 0 Å². The van der Waals surface area contributed by atoms with Crippen molar-refractivity contribution in [1.82, 2.24) is 0 Å². The van der Waals surface area contributed by atoms with E-state index in [-0.39, 0.29) is 4.32 Å². The number of benzene rings is 1. The number of hydrogen-bond donors (Lipinski definition) is 1. The number of halogens is 1. The van der Waals surface area contributed by atoms with Gasteiger partial charge in [0.15, 0.2) is 0 Å². The summed E-state index contributed by atoms with van der Waals surface area (Å²) in [5.41, 5.74) is 7.66. The minimum Gasteiger partial charge on any atom is -0.399 e. The first kappa shape index (κ1) is 8.60. The maximum Gasteiger partial charge on any atom is 0.0450 e. The largest absolute Gasteiger partial charge is 0.399 e. The van der Waals surface area contributed by atoms with Crippen LogP contribution in [0.2, 0.25) is 0 Å². The molecule has 0 heterocycles. The van der Waals surface area contributed by atoms with Gasteiger partial charge in [0.1, 0.15) is 0 Å². The first-order valence-corrected chi connectivity index (χ1v) is 4.34. The fourth-order valence-corrected chi connectivity index (χ4v) is 1.16. The molecule has 1 rings (SSSR count). The summed E-state index contributed by atoms with van der Waals surface area (Å²) in [6.45, 7) is 4.20. The Morgan fingerprint density at radius 3 is 2.36 bits per heavy atom. The van der Waals surface area contributed by atoms with Crippen molar-refractivity contribution in [3.8, 4) is 0 Å². The van der Waals surface area contributed by atoms with E-state index in [1.807, 2.05) is 18.2 Å². The molecule has 0 saturated heterocycles. The van der Waals surface area contributed by atoms with E-state index in [1.165, 1.54) is 5.56 Å². The zero-order valence-corrected chi connectivity index (χ0v) is 8.35. The molecular formula is C9H12BrN. The number of rotatable bonds is 1. The second-order valence-electron chi connectivity index (χ2n) is 3.10. The van der Waals surface area contributed by atoms with Crippen LogP contribution in [0.15, 0.2) is 24.3 Å². The van der Waals surface area contributed by atoms with Crippen LogP contribution in [0, 0.1) is 0 Å². The Morgan fingerprint density at radius 2 is 2.00 bits per heavy atom. The molecule has 1 aromatic rings. The van der Waals surface area contributed by atoms with Gasteiger partial charge in [-0.2, -0.15) is 0 Å². The molecule has 0 aromatic heterocycles. The standard InChI is InChI=1S/C9H12BrN/c1-9(2,10)7-4-3-5-8(11)6-7/h3-6H,11H2,1-2H3. The molecule has 0 spiro atoms. The van der Waals surface area contributed by atoms with Crippen LogP contribution in [-0.2, 0) is 4.32 Å². The molecule has 1 aromatic carbocycles. The van der Waals surface area contributed by atoms with Crippen molar-refractivity contribution in [2.45, 2.75) is 18.2 Å². The van der Waals surface area contributed by atoms with Gasteiger partial charge in [-0.1, -0.05) is 28.1 Å². The summed E-state index contributed by atoms with van der Waals surface area (Å²) in [4.78, 5) is 0. The summed E-state index contributed by atoms with van der Waals surface area (Å²) in [5.74, 6) is 0. The second-order valence-corrected chi connectivity index (χ2v) is 5.08. The highest BCUT2D eigenvalue weighted by molar-refractivity contribution is 9.09. The van der Waals surface area contributed by atoms with Crippen molar-refractivity contribution in [3.05, 3.63) is 29.8 Å². The molecule has 2 N–H and O–H groups in total. The van der Waals surface area contributed by atoms with E-state index in [2.05, 4.69) is 35.8 Å². The molecule has 11 heavy (non-hydrogen) atoms. The maximum absolute atomic E-state index is 5.63. The predicted octanol–water partition coefficient (Wildman–Crippen LogP) is 2.90. The van der Waals surface area contributed by atoms with E-state index in [1.54, 1.807) is 0 Å². The third-order valence-electron chi connectivity index (χ3n) is 1.57. The first-order valence-electron chi connectivity index (χ1n) is 3.55. The van der Waals surface area contributed by atoms with Crippen molar-refractivity contribution in [3.63, 3.8) is 0 Å². The lowest BCUT2D eigenvalue weighted by molar-refractivity contribution is 0.804. The van der Waals surface area contributed by atoms with E-state index in [4.69, 9.17) is 5.73 Å². The van der Waals surface area contributed by atoms with Gasteiger partial charge in [0.2, 0.25) is 0 Å². The minimum absolute atomic E-state index is 0.0162. The average Bonchev–Trinajstić information content (AvgIpc) is 1.86. The Labute approximate surface area is 75.7 Å². The predicted molar refractivity (Wildman–Crippen MR) is 52.8 cm³/mol. The molecule has 0 aliphatic heterocycles. The van der Waals surface area contributed by atoms with Crippen LogP contribution < -0.4 is 5.73 Å². The van der Waals surface area contributed by atoms with Crippen LogP contribution in [0.25, 0.3) is 0 Å². The van der Waals surface area contributed by atoms with E-state index < -0.39 is 0 Å². The van der Waals surface area contributed by atoms with Gasteiger partial charge >= 0.3 is 0 Å². The third kappa shape index (κ3) is 2.22. The molecule has 0 amide bonds. The Hall–Kier alpha value is -0.500. The molecule has 0 bridgehead atoms. The second kappa shape index (κ2) is 2.86. The molecule has 0 unspecified atom stereocenters. The molecule has 0 radical (unpaired) electrons. The smallest absolute Gasteiger partial charge is 0.0450 e. The van der Waals surface area contributed by atoms with Crippen LogP contribution in [0.3, 0.4) is 0 Å². The number of alkyl halides is 1. The van der Waals surface area contributed by atoms with Crippen molar-refractivity contribution in [2.75, 3.05) is 5.73 Å². The van der Waals surface area contributed by atoms with Gasteiger partial charge in [-0.25, -0.2) is 0 Å². The number of hydrogen-bond acceptors (Lipinski definition) is 1. The highest BCUT2D eigenvalue weighted by Gasteiger charge is 2.14. The highest BCUT2D eigenvalue weighted by Crippen LogP contribution is 2.30. The Bertz CT molecular complexity index is 250. The molecular weight excluding hydrogens is 202 g/mol. The van der Waals surface area contributed by atoms with Gasteiger partial charge in [0.05, 0.1) is 0 Å². The topological polar surface area (TPSA) is 26.0 Å². The fourth-order valence-electron chi connectivity index (χ4n) is 0.908. The molecule has 0 atom stereocenters. The van der Waals surface area contributed by atoms with Gasteiger partial charge < -0.3 is 5.73 Å². The van der Waals surface area contributed by atoms with Crippen LogP contribution in [0.4, 0.5) is 5.69 Å². The Balaban J connectivity index is 3.06. The molecule has 2 heteroatoms. The lowest BCUT2D eigenvalue weighted by Gasteiger charge is -2.16. The van der Waals surface area contributed by atoms with E-state index in [0.29, 0.717) is 0 Å². The van der Waals surface area contributed by atoms with Gasteiger partial charge in [-0.15, -0.1) is 0 Å². The normalized spacial score (nSPS) is 11.5.